The van der Waals surface area contributed by atoms with E-state index in [0.717, 1.165) is 5.56 Å². The molecule has 1 saturated heterocycles. The number of nitriles is 1. The van der Waals surface area contributed by atoms with E-state index in [0.29, 0.717) is 31.2 Å². The Hall–Kier alpha value is -2.46. The van der Waals surface area contributed by atoms with Gasteiger partial charge in [-0.2, -0.15) is 5.26 Å². The molecule has 146 valence electrons. The van der Waals surface area contributed by atoms with E-state index in [4.69, 9.17) is 11.6 Å². The molecular formula is C21H22ClFN4O. The van der Waals surface area contributed by atoms with Crippen LogP contribution in [0.25, 0.3) is 0 Å². The third-order valence-electron chi connectivity index (χ3n) is 5.07. The summed E-state index contributed by atoms with van der Waals surface area (Å²) in [4.78, 5) is 16.7. The van der Waals surface area contributed by atoms with Gasteiger partial charge in [-0.3, -0.25) is 14.6 Å². The lowest BCUT2D eigenvalue weighted by molar-refractivity contribution is -0.121. The van der Waals surface area contributed by atoms with Crippen LogP contribution in [0.2, 0.25) is 5.02 Å². The van der Waals surface area contributed by atoms with Gasteiger partial charge in [0, 0.05) is 31.2 Å². The molecule has 5 nitrogen and oxygen atoms in total. The summed E-state index contributed by atoms with van der Waals surface area (Å²) in [5.41, 5.74) is 1.05. The van der Waals surface area contributed by atoms with Gasteiger partial charge in [0.05, 0.1) is 17.8 Å². The van der Waals surface area contributed by atoms with Crippen LogP contribution in [0.15, 0.2) is 48.5 Å². The number of benzene rings is 2. The topological polar surface area (TPSA) is 59.4 Å². The quantitative estimate of drug-likeness (QED) is 0.831. The molecule has 28 heavy (non-hydrogen) atoms. The molecule has 0 bridgehead atoms. The highest BCUT2D eigenvalue weighted by molar-refractivity contribution is 6.30. The van der Waals surface area contributed by atoms with E-state index in [2.05, 4.69) is 16.3 Å². The number of nitrogens with zero attached hydrogens (tertiary/aromatic N) is 3. The Morgan fingerprint density at radius 1 is 1.14 bits per heavy atom. The molecule has 1 N–H and O–H groups in total. The lowest BCUT2D eigenvalue weighted by Gasteiger charge is -2.39. The third-order valence-corrected chi connectivity index (χ3v) is 5.30. The van der Waals surface area contributed by atoms with Gasteiger partial charge < -0.3 is 5.32 Å². The second kappa shape index (κ2) is 9.16. The predicted molar refractivity (Wildman–Crippen MR) is 107 cm³/mol. The highest BCUT2D eigenvalue weighted by atomic mass is 35.5. The van der Waals surface area contributed by atoms with Crippen LogP contribution in [0.1, 0.15) is 18.5 Å². The standard InChI is InChI=1S/C21H22ClFN4O/c1-15(21(28)25-19-13-17(22)7-8-18(19)23)26-9-11-27(12-10-26)20(14-24)16-5-3-2-4-6-16/h2-8,13,15,20H,9-12H2,1H3,(H,25,28). The molecule has 1 heterocycles. The number of anilines is 1. The molecule has 0 radical (unpaired) electrons. The van der Waals surface area contributed by atoms with E-state index in [1.54, 1.807) is 6.92 Å². The van der Waals surface area contributed by atoms with Gasteiger partial charge in [-0.15, -0.1) is 0 Å². The van der Waals surface area contributed by atoms with Crippen molar-refractivity contribution in [3.8, 4) is 6.07 Å². The van der Waals surface area contributed by atoms with Gasteiger partial charge in [-0.05, 0) is 30.7 Å². The van der Waals surface area contributed by atoms with Crippen molar-refractivity contribution in [3.63, 3.8) is 0 Å². The minimum atomic E-state index is -0.519. The molecule has 2 aromatic rings. The summed E-state index contributed by atoms with van der Waals surface area (Å²) in [5.74, 6) is -0.802. The average Bonchev–Trinajstić information content (AvgIpc) is 2.72. The van der Waals surface area contributed by atoms with E-state index in [1.165, 1.54) is 18.2 Å². The third kappa shape index (κ3) is 4.68. The highest BCUT2D eigenvalue weighted by Gasteiger charge is 2.29. The number of carbonyl (C=O) groups excluding carboxylic acids is 1. The first kappa shape index (κ1) is 20.3. The Morgan fingerprint density at radius 2 is 1.79 bits per heavy atom. The van der Waals surface area contributed by atoms with Crippen molar-refractivity contribution in [2.45, 2.75) is 19.0 Å². The predicted octanol–water partition coefficient (Wildman–Crippen LogP) is 3.69. The first-order valence-electron chi connectivity index (χ1n) is 9.18. The van der Waals surface area contributed by atoms with Crippen molar-refractivity contribution in [1.82, 2.24) is 9.80 Å². The maximum absolute atomic E-state index is 13.9. The Morgan fingerprint density at radius 3 is 2.43 bits per heavy atom. The van der Waals surface area contributed by atoms with Gasteiger partial charge >= 0.3 is 0 Å². The molecule has 2 aromatic carbocycles. The Bertz CT molecular complexity index is 862. The van der Waals surface area contributed by atoms with Crippen molar-refractivity contribution < 1.29 is 9.18 Å². The van der Waals surface area contributed by atoms with Gasteiger partial charge in [-0.25, -0.2) is 4.39 Å². The number of hydrogen-bond acceptors (Lipinski definition) is 4. The van der Waals surface area contributed by atoms with E-state index < -0.39 is 11.9 Å². The lowest BCUT2D eigenvalue weighted by Crippen LogP contribution is -2.53. The number of piperazine rings is 1. The first-order chi connectivity index (χ1) is 13.5. The number of carbonyl (C=O) groups is 1. The molecule has 2 atom stereocenters. The molecule has 0 aromatic heterocycles. The van der Waals surface area contributed by atoms with E-state index in [-0.39, 0.29) is 17.6 Å². The molecule has 3 rings (SSSR count). The maximum atomic E-state index is 13.9. The van der Waals surface area contributed by atoms with Crippen LogP contribution in [0.4, 0.5) is 10.1 Å². The molecule has 1 fully saturated rings. The molecule has 2 unspecified atom stereocenters. The van der Waals surface area contributed by atoms with Crippen LogP contribution in [-0.2, 0) is 4.79 Å². The van der Waals surface area contributed by atoms with E-state index in [1.807, 2.05) is 35.2 Å². The van der Waals surface area contributed by atoms with Crippen molar-refractivity contribution in [2.75, 3.05) is 31.5 Å². The zero-order valence-electron chi connectivity index (χ0n) is 15.6. The molecule has 0 spiro atoms. The van der Waals surface area contributed by atoms with Crippen LogP contribution < -0.4 is 5.32 Å². The second-order valence-electron chi connectivity index (χ2n) is 6.80. The molecule has 1 aliphatic heterocycles. The average molecular weight is 401 g/mol. The molecule has 0 aliphatic carbocycles. The summed E-state index contributed by atoms with van der Waals surface area (Å²) in [6.45, 7) is 4.45. The van der Waals surface area contributed by atoms with Gasteiger partial charge in [0.2, 0.25) is 5.91 Å². The van der Waals surface area contributed by atoms with Gasteiger partial charge in [0.1, 0.15) is 11.9 Å². The maximum Gasteiger partial charge on any atom is 0.241 e. The van der Waals surface area contributed by atoms with Crippen molar-refractivity contribution in [1.29, 1.82) is 5.26 Å². The van der Waals surface area contributed by atoms with Crippen molar-refractivity contribution in [2.24, 2.45) is 0 Å². The van der Waals surface area contributed by atoms with Crippen LogP contribution >= 0.6 is 11.6 Å². The smallest absolute Gasteiger partial charge is 0.241 e. The summed E-state index contributed by atoms with van der Waals surface area (Å²) < 4.78 is 13.9. The van der Waals surface area contributed by atoms with E-state index in [9.17, 15) is 14.4 Å². The monoisotopic (exact) mass is 400 g/mol. The van der Waals surface area contributed by atoms with Crippen LogP contribution in [0.3, 0.4) is 0 Å². The fraction of sp³-hybridized carbons (Fsp3) is 0.333. The van der Waals surface area contributed by atoms with E-state index >= 15 is 0 Å². The molecule has 1 amide bonds. The fourth-order valence-corrected chi connectivity index (χ4v) is 3.55. The zero-order chi connectivity index (χ0) is 20.1. The second-order valence-corrected chi connectivity index (χ2v) is 7.24. The van der Waals surface area contributed by atoms with Crippen molar-refractivity contribution >= 4 is 23.2 Å². The number of rotatable bonds is 5. The number of hydrogen-bond donors (Lipinski definition) is 1. The summed E-state index contributed by atoms with van der Waals surface area (Å²) in [5, 5.41) is 12.6. The molecule has 1 aliphatic rings. The minimum Gasteiger partial charge on any atom is -0.322 e. The van der Waals surface area contributed by atoms with Crippen LogP contribution in [0.5, 0.6) is 0 Å². The fourth-order valence-electron chi connectivity index (χ4n) is 3.38. The molecule has 7 heteroatoms. The summed E-state index contributed by atoms with van der Waals surface area (Å²) in [6.07, 6.45) is 0. The Balaban J connectivity index is 1.59. The zero-order valence-corrected chi connectivity index (χ0v) is 16.4. The summed E-state index contributed by atoms with van der Waals surface area (Å²) in [6, 6.07) is 15.4. The van der Waals surface area contributed by atoms with Gasteiger partial charge in [0.15, 0.2) is 0 Å². The molecule has 0 saturated carbocycles. The lowest BCUT2D eigenvalue weighted by atomic mass is 10.1. The molecular weight excluding hydrogens is 379 g/mol. The van der Waals surface area contributed by atoms with Gasteiger partial charge in [0.25, 0.3) is 0 Å². The Kier molecular flexibility index (Phi) is 6.63. The van der Waals surface area contributed by atoms with Crippen molar-refractivity contribution in [3.05, 3.63) is 64.9 Å². The summed E-state index contributed by atoms with van der Waals surface area (Å²) in [7, 11) is 0. The SMILES string of the molecule is CC(C(=O)Nc1cc(Cl)ccc1F)N1CCN(C(C#N)c2ccccc2)CC1. The first-order valence-corrected chi connectivity index (χ1v) is 9.56. The number of halogens is 2. The Labute approximate surface area is 169 Å². The highest BCUT2D eigenvalue weighted by Crippen LogP contribution is 2.23. The number of nitrogens with one attached hydrogen (secondary N) is 1. The largest absolute Gasteiger partial charge is 0.322 e. The normalized spacial score (nSPS) is 17.5. The minimum absolute atomic E-state index is 0.0802. The van der Waals surface area contributed by atoms with Gasteiger partial charge in [-0.1, -0.05) is 41.9 Å². The van der Waals surface area contributed by atoms with Crippen LogP contribution in [0, 0.1) is 17.1 Å². The van der Waals surface area contributed by atoms with Crippen LogP contribution in [-0.4, -0.2) is 47.9 Å². The number of amides is 1. The summed E-state index contributed by atoms with van der Waals surface area (Å²) >= 11 is 5.88.